The third-order valence-corrected chi connectivity index (χ3v) is 2.92. The Morgan fingerprint density at radius 3 is 2.58 bits per heavy atom. The molecule has 1 unspecified atom stereocenters. The van der Waals surface area contributed by atoms with Crippen LogP contribution >= 0.6 is 0 Å². The number of nitrogens with one attached hydrogen (secondary N) is 1. The molecule has 106 valence electrons. The van der Waals surface area contributed by atoms with Crippen molar-refractivity contribution in [3.63, 3.8) is 0 Å². The van der Waals surface area contributed by atoms with E-state index in [1.54, 1.807) is 0 Å². The highest BCUT2D eigenvalue weighted by Gasteiger charge is 2.22. The van der Waals surface area contributed by atoms with E-state index in [0.717, 1.165) is 11.3 Å². The quantitative estimate of drug-likeness (QED) is 0.817. The van der Waals surface area contributed by atoms with E-state index in [9.17, 15) is 4.79 Å². The minimum absolute atomic E-state index is 0.0407. The Morgan fingerprint density at radius 2 is 2.05 bits per heavy atom. The van der Waals surface area contributed by atoms with Gasteiger partial charge in [-0.1, -0.05) is 12.1 Å². The number of likely N-dealkylation sites (N-methyl/N-ethyl adjacent to an activating group) is 1. The Hall–Kier alpha value is -1.55. The van der Waals surface area contributed by atoms with Crippen LogP contribution in [0.15, 0.2) is 24.3 Å². The number of carbonyl (C=O) groups excluding carboxylic acids is 1. The van der Waals surface area contributed by atoms with Crippen molar-refractivity contribution in [1.29, 1.82) is 0 Å². The predicted molar refractivity (Wildman–Crippen MR) is 79.7 cm³/mol. The van der Waals surface area contributed by atoms with Gasteiger partial charge in [0.2, 0.25) is 5.91 Å². The third-order valence-electron chi connectivity index (χ3n) is 2.92. The van der Waals surface area contributed by atoms with Crippen molar-refractivity contribution in [2.45, 2.75) is 45.8 Å². The van der Waals surface area contributed by atoms with E-state index in [0.29, 0.717) is 6.54 Å². The Morgan fingerprint density at radius 1 is 1.42 bits per heavy atom. The Labute approximate surface area is 116 Å². The molecule has 0 aliphatic heterocycles. The van der Waals surface area contributed by atoms with Gasteiger partial charge in [0.15, 0.2) is 0 Å². The number of hydrogen-bond donors (Lipinski definition) is 2. The van der Waals surface area contributed by atoms with Gasteiger partial charge in [0.05, 0.1) is 6.04 Å². The molecule has 0 heterocycles. The van der Waals surface area contributed by atoms with Crippen molar-refractivity contribution in [2.24, 2.45) is 0 Å². The lowest BCUT2D eigenvalue weighted by molar-refractivity contribution is -0.127. The van der Waals surface area contributed by atoms with Crippen LogP contribution in [-0.2, 0) is 11.3 Å². The van der Waals surface area contributed by atoms with Crippen LogP contribution in [0.5, 0.6) is 0 Å². The molecule has 0 saturated heterocycles. The monoisotopic (exact) mass is 263 g/mol. The molecule has 3 N–H and O–H groups in total. The highest BCUT2D eigenvalue weighted by molar-refractivity contribution is 5.81. The first-order chi connectivity index (χ1) is 8.69. The minimum Gasteiger partial charge on any atom is -0.399 e. The fraction of sp³-hybridized carbons (Fsp3) is 0.533. The number of nitrogen functional groups attached to an aromatic ring is 1. The average molecular weight is 263 g/mol. The van der Waals surface area contributed by atoms with Crippen molar-refractivity contribution < 1.29 is 4.79 Å². The molecular weight excluding hydrogens is 238 g/mol. The van der Waals surface area contributed by atoms with E-state index in [1.807, 2.05) is 63.9 Å². The molecule has 4 nitrogen and oxygen atoms in total. The maximum absolute atomic E-state index is 12.1. The molecule has 0 bridgehead atoms. The first kappa shape index (κ1) is 15.5. The number of carbonyl (C=O) groups is 1. The van der Waals surface area contributed by atoms with Crippen molar-refractivity contribution in [1.82, 2.24) is 10.2 Å². The highest BCUT2D eigenvalue weighted by Crippen LogP contribution is 2.11. The second kappa shape index (κ2) is 6.06. The summed E-state index contributed by atoms with van der Waals surface area (Å²) in [6.45, 7) is 8.55. The fourth-order valence-corrected chi connectivity index (χ4v) is 1.79. The molecule has 1 atom stereocenters. The Balaban J connectivity index is 2.62. The van der Waals surface area contributed by atoms with Gasteiger partial charge in [-0.2, -0.15) is 0 Å². The smallest absolute Gasteiger partial charge is 0.237 e. The number of benzene rings is 1. The first-order valence-corrected chi connectivity index (χ1v) is 6.56. The lowest BCUT2D eigenvalue weighted by Crippen LogP contribution is -2.49. The van der Waals surface area contributed by atoms with Gasteiger partial charge >= 0.3 is 0 Å². The highest BCUT2D eigenvalue weighted by atomic mass is 16.2. The zero-order chi connectivity index (χ0) is 14.6. The molecule has 1 amide bonds. The van der Waals surface area contributed by atoms with Gasteiger partial charge in [0, 0.05) is 17.8 Å². The van der Waals surface area contributed by atoms with Crippen LogP contribution in [0.4, 0.5) is 5.69 Å². The zero-order valence-corrected chi connectivity index (χ0v) is 12.5. The molecule has 19 heavy (non-hydrogen) atoms. The number of rotatable bonds is 4. The summed E-state index contributed by atoms with van der Waals surface area (Å²) in [5.74, 6) is 0.0407. The number of amides is 1. The van der Waals surface area contributed by atoms with Crippen molar-refractivity contribution in [3.8, 4) is 0 Å². The summed E-state index contributed by atoms with van der Waals surface area (Å²) in [5, 5.41) is 2.99. The fourth-order valence-electron chi connectivity index (χ4n) is 1.79. The zero-order valence-electron chi connectivity index (χ0n) is 12.5. The van der Waals surface area contributed by atoms with Crippen LogP contribution in [0.1, 0.15) is 33.3 Å². The SMILES string of the molecule is CC(C(=O)NC(C)(C)C)N(C)Cc1cccc(N)c1. The van der Waals surface area contributed by atoms with Crippen LogP contribution in [0.3, 0.4) is 0 Å². The van der Waals surface area contributed by atoms with Crippen LogP contribution in [0.2, 0.25) is 0 Å². The Kier molecular flexibility index (Phi) is 4.95. The Bertz CT molecular complexity index is 437. The summed E-state index contributed by atoms with van der Waals surface area (Å²) in [5.41, 5.74) is 7.41. The molecule has 1 rings (SSSR count). The van der Waals surface area contributed by atoms with Gasteiger partial charge < -0.3 is 11.1 Å². The lowest BCUT2D eigenvalue weighted by Gasteiger charge is -2.28. The van der Waals surface area contributed by atoms with Gasteiger partial charge in [-0.15, -0.1) is 0 Å². The molecule has 0 aliphatic carbocycles. The molecule has 0 aromatic heterocycles. The predicted octanol–water partition coefficient (Wildman–Crippen LogP) is 2.00. The average Bonchev–Trinajstić information content (AvgIpc) is 2.25. The summed E-state index contributed by atoms with van der Waals surface area (Å²) in [4.78, 5) is 14.1. The van der Waals surface area contributed by atoms with Gasteiger partial charge in [-0.3, -0.25) is 9.69 Å². The van der Waals surface area contributed by atoms with E-state index in [-0.39, 0.29) is 17.5 Å². The standard InChI is InChI=1S/C15H25N3O/c1-11(14(19)17-15(2,3)4)18(5)10-12-7-6-8-13(16)9-12/h6-9,11H,10,16H2,1-5H3,(H,17,19). The molecule has 0 spiro atoms. The van der Waals surface area contributed by atoms with Gasteiger partial charge in [0.1, 0.15) is 0 Å². The van der Waals surface area contributed by atoms with E-state index in [4.69, 9.17) is 5.73 Å². The van der Waals surface area contributed by atoms with E-state index in [1.165, 1.54) is 0 Å². The van der Waals surface area contributed by atoms with Gasteiger partial charge in [0.25, 0.3) is 0 Å². The summed E-state index contributed by atoms with van der Waals surface area (Å²) >= 11 is 0. The molecule has 4 heteroatoms. The van der Waals surface area contributed by atoms with Crippen LogP contribution in [-0.4, -0.2) is 29.4 Å². The summed E-state index contributed by atoms with van der Waals surface area (Å²) in [7, 11) is 1.94. The van der Waals surface area contributed by atoms with Crippen LogP contribution < -0.4 is 11.1 Å². The number of nitrogens with zero attached hydrogens (tertiary/aromatic N) is 1. The van der Waals surface area contributed by atoms with Crippen molar-refractivity contribution in [2.75, 3.05) is 12.8 Å². The molecular formula is C15H25N3O. The summed E-state index contributed by atoms with van der Waals surface area (Å²) < 4.78 is 0. The topological polar surface area (TPSA) is 58.4 Å². The molecule has 0 aliphatic rings. The van der Waals surface area contributed by atoms with E-state index < -0.39 is 0 Å². The number of anilines is 1. The summed E-state index contributed by atoms with van der Waals surface area (Å²) in [6.07, 6.45) is 0. The second-order valence-corrected chi connectivity index (χ2v) is 6.08. The van der Waals surface area contributed by atoms with Crippen molar-refractivity contribution in [3.05, 3.63) is 29.8 Å². The maximum atomic E-state index is 12.1. The van der Waals surface area contributed by atoms with Gasteiger partial charge in [-0.05, 0) is 52.4 Å². The lowest BCUT2D eigenvalue weighted by atomic mass is 10.1. The van der Waals surface area contributed by atoms with E-state index in [2.05, 4.69) is 5.32 Å². The molecule has 1 aromatic carbocycles. The second-order valence-electron chi connectivity index (χ2n) is 6.08. The molecule has 1 aromatic rings. The maximum Gasteiger partial charge on any atom is 0.237 e. The van der Waals surface area contributed by atoms with Gasteiger partial charge in [-0.25, -0.2) is 0 Å². The first-order valence-electron chi connectivity index (χ1n) is 6.56. The molecule has 0 fully saturated rings. The van der Waals surface area contributed by atoms with Crippen LogP contribution in [0.25, 0.3) is 0 Å². The minimum atomic E-state index is -0.205. The molecule has 0 radical (unpaired) electrons. The van der Waals surface area contributed by atoms with Crippen molar-refractivity contribution >= 4 is 11.6 Å². The summed E-state index contributed by atoms with van der Waals surface area (Å²) in [6, 6.07) is 7.56. The number of hydrogen-bond acceptors (Lipinski definition) is 3. The molecule has 0 saturated carbocycles. The van der Waals surface area contributed by atoms with E-state index >= 15 is 0 Å². The van der Waals surface area contributed by atoms with Crippen LogP contribution in [0, 0.1) is 0 Å². The normalized spacial score (nSPS) is 13.4. The number of nitrogens with two attached hydrogens (primary N) is 1. The largest absolute Gasteiger partial charge is 0.399 e. The third kappa shape index (κ3) is 5.30.